The summed E-state index contributed by atoms with van der Waals surface area (Å²) in [6.45, 7) is 0. The zero-order valence-corrected chi connectivity index (χ0v) is 7.59. The summed E-state index contributed by atoms with van der Waals surface area (Å²) in [5, 5.41) is 0. The number of hydrogen-bond donors (Lipinski definition) is 0. The van der Waals surface area contributed by atoms with E-state index in [0.717, 1.165) is 0 Å². The predicted molar refractivity (Wildman–Crippen MR) is 38.7 cm³/mol. The zero-order valence-electron chi connectivity index (χ0n) is 4.43. The highest BCUT2D eigenvalue weighted by atomic mass is 35.9. The molecule has 5 heteroatoms. The summed E-state index contributed by atoms with van der Waals surface area (Å²) in [4.78, 5) is 0. The van der Waals surface area contributed by atoms with E-state index in [0.29, 0.717) is 6.16 Å². The number of halogens is 3. The molecule has 1 heterocycles. The molecule has 52 valence electrons. The molecule has 0 bridgehead atoms. The summed E-state index contributed by atoms with van der Waals surface area (Å²) in [5.41, 5.74) is 0. The standard InChI is InChI=1S/C4H5Cl2OP.ClH/c5-8(6)3-1-7-2-4-8;/h1-3H,4H2;1H/q+2;/p-1. The van der Waals surface area contributed by atoms with Gasteiger partial charge in [0.2, 0.25) is 6.16 Å². The SMILES string of the molecule is Cl[P+]1(Cl)C=C[O+]=CC1.[Cl-]. The number of rotatable bonds is 0. The first-order chi connectivity index (χ1) is 3.71. The van der Waals surface area contributed by atoms with Gasteiger partial charge in [0.15, 0.2) is 5.82 Å². The molecule has 9 heavy (non-hydrogen) atoms. The summed E-state index contributed by atoms with van der Waals surface area (Å²) in [6, 6.07) is 0. The first-order valence-electron chi connectivity index (χ1n) is 2.13. The smallest absolute Gasteiger partial charge is 0.354 e. The molecular weight excluding hydrogens is 201 g/mol. The Kier molecular flexibility index (Phi) is 4.07. The van der Waals surface area contributed by atoms with Gasteiger partial charge in [0, 0.05) is 0 Å². The highest BCUT2D eigenvalue weighted by molar-refractivity contribution is 8.19. The lowest BCUT2D eigenvalue weighted by Gasteiger charge is -1.94. The third kappa shape index (κ3) is 3.42. The Bertz CT molecular complexity index is 143. The van der Waals surface area contributed by atoms with Crippen LogP contribution in [0.5, 0.6) is 0 Å². The van der Waals surface area contributed by atoms with Crippen molar-refractivity contribution in [1.29, 1.82) is 0 Å². The van der Waals surface area contributed by atoms with Gasteiger partial charge in [-0.1, -0.05) is 0 Å². The van der Waals surface area contributed by atoms with Crippen LogP contribution in [-0.4, -0.2) is 12.4 Å². The highest BCUT2D eigenvalue weighted by Crippen LogP contribution is 2.70. The van der Waals surface area contributed by atoms with E-state index in [1.807, 2.05) is 0 Å². The van der Waals surface area contributed by atoms with Crippen LogP contribution in [0.2, 0.25) is 0 Å². The van der Waals surface area contributed by atoms with Gasteiger partial charge in [-0.3, -0.25) is 0 Å². The molecule has 0 aliphatic carbocycles. The largest absolute Gasteiger partial charge is 1.00 e. The Hall–Kier alpha value is 0.710. The lowest BCUT2D eigenvalue weighted by atomic mass is 10.9. The average Bonchev–Trinajstić information content (AvgIpc) is 1.65. The van der Waals surface area contributed by atoms with Crippen molar-refractivity contribution in [1.82, 2.24) is 0 Å². The minimum Gasteiger partial charge on any atom is -1.00 e. The fourth-order valence-corrected chi connectivity index (χ4v) is 1.65. The van der Waals surface area contributed by atoms with Gasteiger partial charge in [-0.2, -0.15) is 0 Å². The lowest BCUT2D eigenvalue weighted by molar-refractivity contribution is -0.367. The van der Waals surface area contributed by atoms with Crippen molar-refractivity contribution >= 4 is 34.7 Å². The van der Waals surface area contributed by atoms with Crippen molar-refractivity contribution in [2.45, 2.75) is 0 Å². The van der Waals surface area contributed by atoms with Crippen molar-refractivity contribution in [3.63, 3.8) is 0 Å². The van der Waals surface area contributed by atoms with Gasteiger partial charge in [0.1, 0.15) is 22.5 Å². The minimum atomic E-state index is -1.75. The first-order valence-corrected chi connectivity index (χ1v) is 5.98. The van der Waals surface area contributed by atoms with E-state index < -0.39 is 5.97 Å². The molecular formula is C4H5Cl3OP+. The van der Waals surface area contributed by atoms with Crippen molar-refractivity contribution < 1.29 is 16.8 Å². The van der Waals surface area contributed by atoms with Gasteiger partial charge in [0.25, 0.3) is 5.97 Å². The molecule has 0 saturated heterocycles. The quantitative estimate of drug-likeness (QED) is 0.289. The number of hydrogen-bond acceptors (Lipinski definition) is 0. The molecule has 0 N–H and O–H groups in total. The summed E-state index contributed by atoms with van der Waals surface area (Å²) >= 11 is 11.5. The molecule has 0 amide bonds. The second kappa shape index (κ2) is 3.78. The molecule has 0 fully saturated rings. The van der Waals surface area contributed by atoms with E-state index in [1.165, 1.54) is 6.26 Å². The number of carbonyl (C=O) groups excluding carboxylic acids is 1. The van der Waals surface area contributed by atoms with Crippen LogP contribution >= 0.6 is 28.4 Å². The summed E-state index contributed by atoms with van der Waals surface area (Å²) in [7, 11) is 0. The van der Waals surface area contributed by atoms with Crippen LogP contribution in [-0.2, 0) is 4.42 Å². The van der Waals surface area contributed by atoms with Crippen molar-refractivity contribution in [3.8, 4) is 0 Å². The zero-order chi connectivity index (χ0) is 6.04. The maximum Gasteiger partial charge on any atom is 0.354 e. The summed E-state index contributed by atoms with van der Waals surface area (Å²) < 4.78 is 4.76. The van der Waals surface area contributed by atoms with Crippen LogP contribution in [0.4, 0.5) is 0 Å². The molecule has 0 atom stereocenters. The van der Waals surface area contributed by atoms with Crippen LogP contribution in [0.25, 0.3) is 0 Å². The van der Waals surface area contributed by atoms with E-state index in [-0.39, 0.29) is 12.4 Å². The molecule has 0 aromatic carbocycles. The topological polar surface area (TPSA) is 11.3 Å². The van der Waals surface area contributed by atoms with Gasteiger partial charge in [-0.25, -0.2) is 4.42 Å². The maximum atomic E-state index is 5.75. The Morgan fingerprint density at radius 1 is 1.44 bits per heavy atom. The molecule has 0 aromatic heterocycles. The third-order valence-electron chi connectivity index (χ3n) is 0.772. The maximum absolute atomic E-state index is 5.75. The Labute approximate surface area is 70.0 Å². The Balaban J connectivity index is 0.000000640. The van der Waals surface area contributed by atoms with Crippen molar-refractivity contribution in [2.24, 2.45) is 0 Å². The second-order valence-electron chi connectivity index (χ2n) is 1.45. The average molecular weight is 206 g/mol. The fourth-order valence-electron chi connectivity index (χ4n) is 0.383. The lowest BCUT2D eigenvalue weighted by Crippen LogP contribution is -3.00. The van der Waals surface area contributed by atoms with Crippen LogP contribution in [0, 0.1) is 0 Å². The number of aldehydes is 1. The molecule has 1 rings (SSSR count). The molecule has 1 aliphatic heterocycles. The fraction of sp³-hybridized carbons (Fsp3) is 0.250. The molecule has 0 saturated carbocycles. The molecule has 0 aromatic rings. The molecule has 1 aliphatic rings. The molecule has 0 radical (unpaired) electrons. The van der Waals surface area contributed by atoms with Gasteiger partial charge >= 0.3 is 12.5 Å². The highest BCUT2D eigenvalue weighted by Gasteiger charge is 2.36. The Morgan fingerprint density at radius 3 is 2.33 bits per heavy atom. The van der Waals surface area contributed by atoms with Crippen LogP contribution in [0.3, 0.4) is 0 Å². The van der Waals surface area contributed by atoms with Crippen molar-refractivity contribution in [3.05, 3.63) is 12.1 Å². The molecule has 1 nitrogen and oxygen atoms in total. The van der Waals surface area contributed by atoms with Crippen LogP contribution in [0.15, 0.2) is 12.1 Å². The van der Waals surface area contributed by atoms with Gasteiger partial charge in [0.05, 0.1) is 0 Å². The van der Waals surface area contributed by atoms with E-state index in [9.17, 15) is 0 Å². The predicted octanol–water partition coefficient (Wildman–Crippen LogP) is -0.465. The minimum absolute atomic E-state index is 0. The summed E-state index contributed by atoms with van der Waals surface area (Å²) in [6.07, 6.45) is 3.80. The normalized spacial score (nSPS) is 21.1. The first kappa shape index (κ1) is 9.71. The summed E-state index contributed by atoms with van der Waals surface area (Å²) in [5.74, 6) is -0.0349. The van der Waals surface area contributed by atoms with E-state index in [1.54, 1.807) is 12.1 Å². The van der Waals surface area contributed by atoms with E-state index >= 15 is 0 Å². The Morgan fingerprint density at radius 2 is 2.11 bits per heavy atom. The van der Waals surface area contributed by atoms with Gasteiger partial charge in [-0.05, 0) is 0 Å². The van der Waals surface area contributed by atoms with Gasteiger partial charge < -0.3 is 12.4 Å². The van der Waals surface area contributed by atoms with Crippen molar-refractivity contribution in [2.75, 3.05) is 6.16 Å². The monoisotopic (exact) mass is 205 g/mol. The molecule has 0 unspecified atom stereocenters. The third-order valence-corrected chi connectivity index (χ3v) is 3.47. The second-order valence-corrected chi connectivity index (χ2v) is 7.61. The van der Waals surface area contributed by atoms with E-state index in [2.05, 4.69) is 0 Å². The van der Waals surface area contributed by atoms with Gasteiger partial charge in [-0.15, -0.1) is 0 Å². The van der Waals surface area contributed by atoms with Crippen LogP contribution < -0.4 is 12.4 Å². The van der Waals surface area contributed by atoms with Crippen LogP contribution in [0.1, 0.15) is 0 Å². The van der Waals surface area contributed by atoms with E-state index in [4.69, 9.17) is 26.9 Å². The molecule has 0 spiro atoms.